The second kappa shape index (κ2) is 8.53. The van der Waals surface area contributed by atoms with Crippen molar-refractivity contribution >= 4 is 37.7 Å². The van der Waals surface area contributed by atoms with Gasteiger partial charge >= 0.3 is 0 Å². The number of rotatable bonds is 8. The number of benzene rings is 1. The van der Waals surface area contributed by atoms with E-state index >= 15 is 0 Å². The number of thioether (sulfide) groups is 1. The van der Waals surface area contributed by atoms with E-state index in [4.69, 9.17) is 0 Å². The summed E-state index contributed by atoms with van der Waals surface area (Å²) in [7, 11) is -3.49. The summed E-state index contributed by atoms with van der Waals surface area (Å²) >= 11 is 4.98. The molecule has 2 N–H and O–H groups in total. The maximum atomic E-state index is 12.3. The lowest BCUT2D eigenvalue weighted by Crippen LogP contribution is -2.34. The molecule has 0 spiro atoms. The molecule has 1 aromatic carbocycles. The van der Waals surface area contributed by atoms with Gasteiger partial charge in [-0.2, -0.15) is 11.8 Å². The van der Waals surface area contributed by atoms with Crippen LogP contribution in [0.5, 0.6) is 0 Å². The first-order valence-electron chi connectivity index (χ1n) is 6.79. The van der Waals surface area contributed by atoms with Gasteiger partial charge in [-0.25, -0.2) is 13.1 Å². The van der Waals surface area contributed by atoms with Crippen molar-refractivity contribution in [3.8, 4) is 0 Å². The maximum Gasteiger partial charge on any atom is 0.241 e. The summed E-state index contributed by atoms with van der Waals surface area (Å²) in [6.45, 7) is 6.73. The van der Waals surface area contributed by atoms with Crippen molar-refractivity contribution in [1.82, 2.24) is 10.0 Å². The van der Waals surface area contributed by atoms with Crippen molar-refractivity contribution in [2.75, 3.05) is 12.0 Å². The molecule has 0 amide bonds. The summed E-state index contributed by atoms with van der Waals surface area (Å²) in [5.74, 6) is 0.743. The molecule has 0 heterocycles. The molecule has 0 radical (unpaired) electrons. The van der Waals surface area contributed by atoms with Crippen LogP contribution in [0.1, 0.15) is 26.3 Å². The van der Waals surface area contributed by atoms with Crippen LogP contribution < -0.4 is 10.0 Å². The van der Waals surface area contributed by atoms with Gasteiger partial charge in [0.2, 0.25) is 10.0 Å². The summed E-state index contributed by atoms with van der Waals surface area (Å²) in [5.41, 5.74) is 1.05. The molecule has 0 aliphatic rings. The summed E-state index contributed by atoms with van der Waals surface area (Å²) in [6.07, 6.45) is 1.96. The van der Waals surface area contributed by atoms with E-state index < -0.39 is 10.0 Å². The topological polar surface area (TPSA) is 58.2 Å². The molecule has 7 heteroatoms. The highest BCUT2D eigenvalue weighted by Crippen LogP contribution is 2.23. The van der Waals surface area contributed by atoms with E-state index in [2.05, 4.69) is 39.8 Å². The van der Waals surface area contributed by atoms with Gasteiger partial charge in [0.1, 0.15) is 0 Å². The van der Waals surface area contributed by atoms with Crippen LogP contribution in [0.25, 0.3) is 0 Å². The van der Waals surface area contributed by atoms with Gasteiger partial charge in [-0.3, -0.25) is 0 Å². The third-order valence-corrected chi connectivity index (χ3v) is 6.17. The number of hydrogen-bond acceptors (Lipinski definition) is 4. The maximum absolute atomic E-state index is 12.3. The Labute approximate surface area is 140 Å². The minimum atomic E-state index is -3.49. The smallest absolute Gasteiger partial charge is 0.241 e. The third kappa shape index (κ3) is 6.28. The number of hydrogen-bond donors (Lipinski definition) is 2. The van der Waals surface area contributed by atoms with Crippen molar-refractivity contribution in [3.05, 3.63) is 28.2 Å². The lowest BCUT2D eigenvalue weighted by molar-refractivity contribution is 0.570. The van der Waals surface area contributed by atoms with E-state index in [9.17, 15) is 8.42 Å². The van der Waals surface area contributed by atoms with Crippen molar-refractivity contribution in [3.63, 3.8) is 0 Å². The largest absolute Gasteiger partial charge is 0.310 e. The first kappa shape index (κ1) is 19.0. The van der Waals surface area contributed by atoms with Crippen molar-refractivity contribution in [1.29, 1.82) is 0 Å². The van der Waals surface area contributed by atoms with Gasteiger partial charge in [0.25, 0.3) is 0 Å². The third-order valence-electron chi connectivity index (χ3n) is 2.77. The van der Waals surface area contributed by atoms with Gasteiger partial charge in [-0.05, 0) is 46.8 Å². The summed E-state index contributed by atoms with van der Waals surface area (Å²) in [5, 5.41) is 3.31. The van der Waals surface area contributed by atoms with Gasteiger partial charge < -0.3 is 5.32 Å². The molecule has 0 fully saturated rings. The average Bonchev–Trinajstić information content (AvgIpc) is 2.35. The van der Waals surface area contributed by atoms with E-state index in [-0.39, 0.29) is 10.9 Å². The highest BCUT2D eigenvalue weighted by atomic mass is 79.9. The van der Waals surface area contributed by atoms with E-state index in [0.717, 1.165) is 11.3 Å². The van der Waals surface area contributed by atoms with Crippen LogP contribution in [0, 0.1) is 0 Å². The fraction of sp³-hybridized carbons (Fsp3) is 0.571. The average molecular weight is 395 g/mol. The quantitative estimate of drug-likeness (QED) is 0.711. The highest BCUT2D eigenvalue weighted by molar-refractivity contribution is 9.10. The zero-order valence-corrected chi connectivity index (χ0v) is 16.0. The molecule has 1 aromatic rings. The van der Waals surface area contributed by atoms with Crippen LogP contribution in [-0.4, -0.2) is 32.5 Å². The fourth-order valence-corrected chi connectivity index (χ4v) is 4.86. The van der Waals surface area contributed by atoms with Crippen molar-refractivity contribution in [2.45, 2.75) is 44.3 Å². The lowest BCUT2D eigenvalue weighted by atomic mass is 10.2. The molecule has 4 nitrogen and oxygen atoms in total. The van der Waals surface area contributed by atoms with Crippen LogP contribution in [0.3, 0.4) is 0 Å². The van der Waals surface area contributed by atoms with Gasteiger partial charge in [0.15, 0.2) is 0 Å². The zero-order chi connectivity index (χ0) is 16.0. The normalized spacial score (nSPS) is 13.6. The van der Waals surface area contributed by atoms with Gasteiger partial charge in [-0.15, -0.1) is 0 Å². The van der Waals surface area contributed by atoms with E-state index in [1.165, 1.54) is 0 Å². The summed E-state index contributed by atoms with van der Waals surface area (Å²) in [6, 6.07) is 5.63. The fourth-order valence-electron chi connectivity index (χ4n) is 1.81. The standard InChI is InChI=1S/C14H23BrN2O2S2/c1-10(2)16-8-12-5-6-14(13(15)7-12)21(18,19)17-11(3)9-20-4/h5-7,10-11,16-17H,8-9H2,1-4H3. The summed E-state index contributed by atoms with van der Waals surface area (Å²) < 4.78 is 28.0. The van der Waals surface area contributed by atoms with Crippen molar-refractivity contribution < 1.29 is 8.42 Å². The van der Waals surface area contributed by atoms with Crippen LogP contribution in [0.15, 0.2) is 27.6 Å². The van der Waals surface area contributed by atoms with E-state index in [0.29, 0.717) is 17.1 Å². The highest BCUT2D eigenvalue weighted by Gasteiger charge is 2.20. The molecule has 0 bridgehead atoms. The molecule has 0 aromatic heterocycles. The van der Waals surface area contributed by atoms with E-state index in [1.54, 1.807) is 17.8 Å². The Hall–Kier alpha value is -0.0800. The monoisotopic (exact) mass is 394 g/mol. The second-order valence-electron chi connectivity index (χ2n) is 5.28. The number of nitrogens with one attached hydrogen (secondary N) is 2. The van der Waals surface area contributed by atoms with Crippen molar-refractivity contribution in [2.24, 2.45) is 0 Å². The van der Waals surface area contributed by atoms with Gasteiger partial charge in [0.05, 0.1) is 4.90 Å². The Morgan fingerprint density at radius 2 is 1.95 bits per heavy atom. The molecule has 1 rings (SSSR count). The Morgan fingerprint density at radius 3 is 2.48 bits per heavy atom. The lowest BCUT2D eigenvalue weighted by Gasteiger charge is -2.15. The van der Waals surface area contributed by atoms with Crippen LogP contribution >= 0.6 is 27.7 Å². The molecule has 1 atom stereocenters. The Kier molecular flexibility index (Phi) is 7.70. The first-order chi connectivity index (χ1) is 9.76. The van der Waals surface area contributed by atoms with Crippen LogP contribution in [0.2, 0.25) is 0 Å². The Morgan fingerprint density at radius 1 is 1.29 bits per heavy atom. The Bertz CT molecular complexity index is 562. The SMILES string of the molecule is CSCC(C)NS(=O)(=O)c1ccc(CNC(C)C)cc1Br. The van der Waals surface area contributed by atoms with Gasteiger partial charge in [0, 0.05) is 28.9 Å². The minimum absolute atomic E-state index is 0.0980. The zero-order valence-electron chi connectivity index (χ0n) is 12.8. The minimum Gasteiger partial charge on any atom is -0.310 e. The van der Waals surface area contributed by atoms with Crippen LogP contribution in [-0.2, 0) is 16.6 Å². The molecule has 0 saturated carbocycles. The molecule has 21 heavy (non-hydrogen) atoms. The molecule has 120 valence electrons. The number of sulfonamides is 1. The van der Waals surface area contributed by atoms with Crippen LogP contribution in [0.4, 0.5) is 0 Å². The molecule has 1 unspecified atom stereocenters. The van der Waals surface area contributed by atoms with E-state index in [1.807, 2.05) is 25.3 Å². The summed E-state index contributed by atoms with van der Waals surface area (Å²) in [4.78, 5) is 0.281. The molecular formula is C14H23BrN2O2S2. The first-order valence-corrected chi connectivity index (χ1v) is 10.5. The predicted octanol–water partition coefficient (Wildman–Crippen LogP) is 2.98. The molecule has 0 saturated heterocycles. The molecule has 0 aliphatic carbocycles. The Balaban J connectivity index is 2.88. The predicted molar refractivity (Wildman–Crippen MR) is 94.3 cm³/mol. The molecule has 0 aliphatic heterocycles. The van der Waals surface area contributed by atoms with Gasteiger partial charge in [-0.1, -0.05) is 19.9 Å². The number of halogens is 1. The second-order valence-corrected chi connectivity index (χ2v) is 8.73. The molecular weight excluding hydrogens is 372 g/mol.